The van der Waals surface area contributed by atoms with E-state index in [9.17, 15) is 10.2 Å². The molecule has 0 unspecified atom stereocenters. The molecule has 142 valence electrons. The van der Waals surface area contributed by atoms with E-state index in [1.54, 1.807) is 0 Å². The standard InChI is InChI=1S/C20H41N2O2/c1-2-3-4-5-6-7-8-9-10-11-12-13-20-21-14-15-22(20,16-18-23)17-19-24/h23-24H,2-19H2,1H3/q+1. The van der Waals surface area contributed by atoms with E-state index >= 15 is 0 Å². The second kappa shape index (κ2) is 13.8. The minimum atomic E-state index is 0.178. The molecule has 2 N–H and O–H groups in total. The third kappa shape index (κ3) is 8.09. The van der Waals surface area contributed by atoms with Crippen molar-refractivity contribution in [1.82, 2.24) is 0 Å². The van der Waals surface area contributed by atoms with E-state index in [1.165, 1.54) is 76.5 Å². The third-order valence-electron chi connectivity index (χ3n) is 5.43. The maximum absolute atomic E-state index is 9.34. The molecule has 0 saturated carbocycles. The normalized spacial score (nSPS) is 16.5. The fourth-order valence-corrected chi connectivity index (χ4v) is 3.89. The maximum Gasteiger partial charge on any atom is 0.198 e. The molecule has 1 rings (SSSR count). The topological polar surface area (TPSA) is 52.8 Å². The Morgan fingerprint density at radius 3 is 1.79 bits per heavy atom. The van der Waals surface area contributed by atoms with Crippen molar-refractivity contribution in [3.05, 3.63) is 0 Å². The summed E-state index contributed by atoms with van der Waals surface area (Å²) < 4.78 is 0.727. The molecule has 1 heterocycles. The number of rotatable bonds is 16. The average Bonchev–Trinajstić information content (AvgIpc) is 2.96. The molecular formula is C20H41N2O2+. The molecule has 0 aliphatic carbocycles. The molecular weight excluding hydrogens is 300 g/mol. The Morgan fingerprint density at radius 1 is 0.792 bits per heavy atom. The molecule has 0 aromatic carbocycles. The van der Waals surface area contributed by atoms with E-state index < -0.39 is 0 Å². The van der Waals surface area contributed by atoms with Crippen molar-refractivity contribution >= 4 is 5.84 Å². The van der Waals surface area contributed by atoms with Crippen LogP contribution in [0.15, 0.2) is 4.99 Å². The molecule has 4 nitrogen and oxygen atoms in total. The summed E-state index contributed by atoms with van der Waals surface area (Å²) in [6.07, 6.45) is 16.0. The van der Waals surface area contributed by atoms with Crippen molar-refractivity contribution < 1.29 is 14.7 Å². The SMILES string of the molecule is CCCCCCCCCCCCCC1=NCC[N+]1(CCO)CCO. The Balaban J connectivity index is 2.06. The Morgan fingerprint density at radius 2 is 1.29 bits per heavy atom. The number of aliphatic hydroxyl groups is 2. The molecule has 1 aliphatic heterocycles. The predicted molar refractivity (Wildman–Crippen MR) is 102 cm³/mol. The highest BCUT2D eigenvalue weighted by Gasteiger charge is 2.36. The molecule has 0 spiro atoms. The first-order valence-electron chi connectivity index (χ1n) is 10.4. The summed E-state index contributed by atoms with van der Waals surface area (Å²) >= 11 is 0. The quantitative estimate of drug-likeness (QED) is 0.330. The van der Waals surface area contributed by atoms with Gasteiger partial charge in [-0.3, -0.25) is 4.48 Å². The first-order chi connectivity index (χ1) is 11.8. The van der Waals surface area contributed by atoms with Crippen LogP contribution < -0.4 is 0 Å². The minimum absolute atomic E-state index is 0.178. The van der Waals surface area contributed by atoms with Gasteiger partial charge in [-0.05, 0) is 6.42 Å². The van der Waals surface area contributed by atoms with E-state index in [0.29, 0.717) is 13.1 Å². The van der Waals surface area contributed by atoms with Gasteiger partial charge < -0.3 is 10.2 Å². The van der Waals surface area contributed by atoms with Crippen molar-refractivity contribution in [2.45, 2.75) is 84.0 Å². The third-order valence-corrected chi connectivity index (χ3v) is 5.43. The molecule has 0 amide bonds. The number of unbranched alkanes of at least 4 members (excludes halogenated alkanes) is 10. The zero-order valence-corrected chi connectivity index (χ0v) is 16.0. The lowest BCUT2D eigenvalue weighted by Crippen LogP contribution is -2.54. The summed E-state index contributed by atoms with van der Waals surface area (Å²) in [6, 6.07) is 0. The van der Waals surface area contributed by atoms with E-state index in [-0.39, 0.29) is 13.2 Å². The fourth-order valence-electron chi connectivity index (χ4n) is 3.89. The van der Waals surface area contributed by atoms with E-state index in [4.69, 9.17) is 0 Å². The summed E-state index contributed by atoms with van der Waals surface area (Å²) in [4.78, 5) is 4.68. The molecule has 0 aromatic heterocycles. The molecule has 0 bridgehead atoms. The van der Waals surface area contributed by atoms with Crippen LogP contribution in [0.25, 0.3) is 0 Å². The Bertz CT molecular complexity index is 326. The monoisotopic (exact) mass is 341 g/mol. The van der Waals surface area contributed by atoms with Crippen molar-refractivity contribution in [3.8, 4) is 0 Å². The first-order valence-corrected chi connectivity index (χ1v) is 10.4. The predicted octanol–water partition coefficient (Wildman–Crippen LogP) is 3.90. The first kappa shape index (κ1) is 21.6. The summed E-state index contributed by atoms with van der Waals surface area (Å²) in [5, 5.41) is 18.7. The van der Waals surface area contributed by atoms with Gasteiger partial charge in [0.1, 0.15) is 19.6 Å². The number of hydrogen-bond acceptors (Lipinski definition) is 3. The molecule has 0 saturated heterocycles. The number of quaternary nitrogens is 1. The van der Waals surface area contributed by atoms with E-state index in [0.717, 1.165) is 24.0 Å². The summed E-state index contributed by atoms with van der Waals surface area (Å²) in [7, 11) is 0. The number of nitrogens with zero attached hydrogens (tertiary/aromatic N) is 2. The van der Waals surface area contributed by atoms with Crippen LogP contribution in [0.4, 0.5) is 0 Å². The zero-order valence-electron chi connectivity index (χ0n) is 16.0. The average molecular weight is 342 g/mol. The molecule has 0 fully saturated rings. The van der Waals surface area contributed by atoms with Gasteiger partial charge in [0.25, 0.3) is 0 Å². The molecule has 1 aliphatic rings. The second-order valence-corrected chi connectivity index (χ2v) is 7.35. The maximum atomic E-state index is 9.34. The van der Waals surface area contributed by atoms with Crippen molar-refractivity contribution in [2.24, 2.45) is 4.99 Å². The van der Waals surface area contributed by atoms with E-state index in [1.807, 2.05) is 0 Å². The van der Waals surface area contributed by atoms with Crippen LogP contribution in [0.2, 0.25) is 0 Å². The molecule has 0 atom stereocenters. The lowest BCUT2D eigenvalue weighted by Gasteiger charge is -2.33. The molecule has 4 heteroatoms. The van der Waals surface area contributed by atoms with Crippen molar-refractivity contribution in [3.63, 3.8) is 0 Å². The number of hydrogen-bond donors (Lipinski definition) is 2. The summed E-state index contributed by atoms with van der Waals surface area (Å²) in [5.74, 6) is 1.22. The van der Waals surface area contributed by atoms with Gasteiger partial charge in [0.15, 0.2) is 5.84 Å². The molecule has 0 radical (unpaired) electrons. The number of aliphatic imine (C=N–C) groups is 1. The Hall–Kier alpha value is -0.450. The van der Waals surface area contributed by atoms with E-state index in [2.05, 4.69) is 11.9 Å². The lowest BCUT2D eigenvalue weighted by molar-refractivity contribution is -0.837. The van der Waals surface area contributed by atoms with Gasteiger partial charge >= 0.3 is 0 Å². The van der Waals surface area contributed by atoms with Crippen LogP contribution in [0, 0.1) is 0 Å². The Kier molecular flexibility index (Phi) is 12.4. The van der Waals surface area contributed by atoms with Crippen LogP contribution >= 0.6 is 0 Å². The highest BCUT2D eigenvalue weighted by molar-refractivity contribution is 5.76. The van der Waals surface area contributed by atoms with Gasteiger partial charge in [-0.2, -0.15) is 0 Å². The molecule has 0 aromatic rings. The van der Waals surface area contributed by atoms with Crippen LogP contribution in [-0.4, -0.2) is 59.9 Å². The zero-order chi connectivity index (χ0) is 17.5. The van der Waals surface area contributed by atoms with Gasteiger partial charge in [-0.1, -0.05) is 71.1 Å². The van der Waals surface area contributed by atoms with Gasteiger partial charge in [-0.15, -0.1) is 0 Å². The minimum Gasteiger partial charge on any atom is -0.390 e. The van der Waals surface area contributed by atoms with Crippen LogP contribution in [-0.2, 0) is 0 Å². The van der Waals surface area contributed by atoms with Gasteiger partial charge in [-0.25, -0.2) is 4.99 Å². The van der Waals surface area contributed by atoms with Gasteiger partial charge in [0.05, 0.1) is 19.8 Å². The van der Waals surface area contributed by atoms with Gasteiger partial charge in [0.2, 0.25) is 0 Å². The van der Waals surface area contributed by atoms with Crippen molar-refractivity contribution in [1.29, 1.82) is 0 Å². The highest BCUT2D eigenvalue weighted by Crippen LogP contribution is 2.20. The number of amidine groups is 1. The van der Waals surface area contributed by atoms with Gasteiger partial charge in [0, 0.05) is 6.42 Å². The largest absolute Gasteiger partial charge is 0.390 e. The second-order valence-electron chi connectivity index (χ2n) is 7.35. The Labute approximate surface area is 149 Å². The fraction of sp³-hybridized carbons (Fsp3) is 0.950. The lowest BCUT2D eigenvalue weighted by atomic mass is 10.0. The van der Waals surface area contributed by atoms with Crippen molar-refractivity contribution in [2.75, 3.05) is 39.4 Å². The number of aliphatic hydroxyl groups excluding tert-OH is 2. The smallest absolute Gasteiger partial charge is 0.198 e. The van der Waals surface area contributed by atoms with Crippen LogP contribution in [0.3, 0.4) is 0 Å². The molecule has 24 heavy (non-hydrogen) atoms. The summed E-state index contributed by atoms with van der Waals surface area (Å²) in [5.41, 5.74) is 0. The summed E-state index contributed by atoms with van der Waals surface area (Å²) in [6.45, 7) is 5.85. The highest BCUT2D eigenvalue weighted by atomic mass is 16.3. The van der Waals surface area contributed by atoms with Crippen LogP contribution in [0.5, 0.6) is 0 Å². The van der Waals surface area contributed by atoms with Crippen LogP contribution in [0.1, 0.15) is 84.0 Å².